The highest BCUT2D eigenvalue weighted by Gasteiger charge is 2.31. The van der Waals surface area contributed by atoms with Crippen molar-refractivity contribution in [3.8, 4) is 0 Å². The molecule has 1 aliphatic rings. The van der Waals surface area contributed by atoms with Crippen molar-refractivity contribution < 1.29 is 9.53 Å². The molecule has 2 nitrogen and oxygen atoms in total. The maximum absolute atomic E-state index is 11.5. The van der Waals surface area contributed by atoms with E-state index in [0.717, 1.165) is 12.3 Å². The second-order valence-electron chi connectivity index (χ2n) is 4.25. The van der Waals surface area contributed by atoms with Crippen molar-refractivity contribution in [1.29, 1.82) is 0 Å². The molecule has 13 heavy (non-hydrogen) atoms. The van der Waals surface area contributed by atoms with Crippen molar-refractivity contribution >= 4 is 5.97 Å². The standard InChI is InChI=1S/C11H20O2/c1-4-13-11(12)10-6-5-8(2)7-9(10)3/h8-10H,4-7H2,1-3H3/t8-,9+,10-/m0/s1. The van der Waals surface area contributed by atoms with Crippen LogP contribution in [0, 0.1) is 17.8 Å². The number of carbonyl (C=O) groups is 1. The Balaban J connectivity index is 2.45. The molecule has 0 radical (unpaired) electrons. The van der Waals surface area contributed by atoms with Crippen molar-refractivity contribution in [2.75, 3.05) is 6.61 Å². The van der Waals surface area contributed by atoms with Gasteiger partial charge in [0.15, 0.2) is 0 Å². The van der Waals surface area contributed by atoms with Gasteiger partial charge in [0.05, 0.1) is 12.5 Å². The van der Waals surface area contributed by atoms with Crippen molar-refractivity contribution in [2.24, 2.45) is 17.8 Å². The molecule has 1 fully saturated rings. The quantitative estimate of drug-likeness (QED) is 0.617. The summed E-state index contributed by atoms with van der Waals surface area (Å²) in [4.78, 5) is 11.5. The third kappa shape index (κ3) is 2.71. The van der Waals surface area contributed by atoms with Gasteiger partial charge >= 0.3 is 5.97 Å². The summed E-state index contributed by atoms with van der Waals surface area (Å²) in [5.41, 5.74) is 0. The SMILES string of the molecule is CCOC(=O)[C@H]1CC[C@H](C)C[C@H]1C. The van der Waals surface area contributed by atoms with E-state index in [9.17, 15) is 4.79 Å². The van der Waals surface area contributed by atoms with Gasteiger partial charge in [0.2, 0.25) is 0 Å². The minimum absolute atomic E-state index is 0.0156. The van der Waals surface area contributed by atoms with Crippen LogP contribution in [-0.2, 0) is 9.53 Å². The third-order valence-corrected chi connectivity index (χ3v) is 3.02. The first-order chi connectivity index (χ1) is 6.15. The number of hydrogen-bond acceptors (Lipinski definition) is 2. The maximum Gasteiger partial charge on any atom is 0.309 e. The number of rotatable bonds is 2. The van der Waals surface area contributed by atoms with Gasteiger partial charge in [-0.2, -0.15) is 0 Å². The molecule has 0 saturated heterocycles. The van der Waals surface area contributed by atoms with Gasteiger partial charge in [0.1, 0.15) is 0 Å². The fraction of sp³-hybridized carbons (Fsp3) is 0.909. The molecule has 0 aliphatic heterocycles. The second kappa shape index (κ2) is 4.64. The first kappa shape index (κ1) is 10.6. The molecule has 2 heteroatoms. The minimum atomic E-state index is 0.0156. The van der Waals surface area contributed by atoms with Crippen LogP contribution in [0.2, 0.25) is 0 Å². The molecule has 0 unspecified atom stereocenters. The van der Waals surface area contributed by atoms with Gasteiger partial charge in [-0.05, 0) is 38.0 Å². The molecule has 0 N–H and O–H groups in total. The van der Waals surface area contributed by atoms with Crippen LogP contribution < -0.4 is 0 Å². The van der Waals surface area contributed by atoms with Crippen LogP contribution in [0.5, 0.6) is 0 Å². The van der Waals surface area contributed by atoms with Crippen molar-refractivity contribution in [3.05, 3.63) is 0 Å². The van der Waals surface area contributed by atoms with Gasteiger partial charge in [-0.15, -0.1) is 0 Å². The third-order valence-electron chi connectivity index (χ3n) is 3.02. The number of ether oxygens (including phenoxy) is 1. The molecule has 1 rings (SSSR count). The molecule has 0 aromatic heterocycles. The molecule has 0 amide bonds. The Kier molecular flexibility index (Phi) is 3.76. The summed E-state index contributed by atoms with van der Waals surface area (Å²) in [6, 6.07) is 0. The van der Waals surface area contributed by atoms with E-state index < -0.39 is 0 Å². The highest BCUT2D eigenvalue weighted by Crippen LogP contribution is 2.33. The van der Waals surface area contributed by atoms with Crippen molar-refractivity contribution in [3.63, 3.8) is 0 Å². The average Bonchev–Trinajstić information content (AvgIpc) is 2.04. The van der Waals surface area contributed by atoms with Crippen LogP contribution in [0.1, 0.15) is 40.0 Å². The van der Waals surface area contributed by atoms with Gasteiger partial charge in [-0.3, -0.25) is 4.79 Å². The van der Waals surface area contributed by atoms with Gasteiger partial charge < -0.3 is 4.74 Å². The zero-order valence-electron chi connectivity index (χ0n) is 8.88. The molecule has 0 bridgehead atoms. The largest absolute Gasteiger partial charge is 0.466 e. The molecular weight excluding hydrogens is 164 g/mol. The van der Waals surface area contributed by atoms with Gasteiger partial charge in [-0.25, -0.2) is 0 Å². The van der Waals surface area contributed by atoms with E-state index in [2.05, 4.69) is 13.8 Å². The van der Waals surface area contributed by atoms with Crippen LogP contribution in [0.15, 0.2) is 0 Å². The highest BCUT2D eigenvalue weighted by molar-refractivity contribution is 5.72. The summed E-state index contributed by atoms with van der Waals surface area (Å²) in [7, 11) is 0. The zero-order valence-corrected chi connectivity index (χ0v) is 8.88. The summed E-state index contributed by atoms with van der Waals surface area (Å²) in [6.07, 6.45) is 3.36. The summed E-state index contributed by atoms with van der Waals surface area (Å²) in [5.74, 6) is 1.46. The van der Waals surface area contributed by atoms with Gasteiger partial charge in [0.25, 0.3) is 0 Å². The lowest BCUT2D eigenvalue weighted by Crippen LogP contribution is -2.29. The van der Waals surface area contributed by atoms with E-state index in [1.165, 1.54) is 12.8 Å². The van der Waals surface area contributed by atoms with E-state index in [1.807, 2.05) is 6.92 Å². The van der Waals surface area contributed by atoms with E-state index in [4.69, 9.17) is 4.74 Å². The fourth-order valence-corrected chi connectivity index (χ4v) is 2.26. The topological polar surface area (TPSA) is 26.3 Å². The lowest BCUT2D eigenvalue weighted by atomic mass is 9.76. The van der Waals surface area contributed by atoms with Gasteiger partial charge in [0, 0.05) is 0 Å². The summed E-state index contributed by atoms with van der Waals surface area (Å²) < 4.78 is 5.05. The molecule has 0 aromatic carbocycles. The molecule has 0 spiro atoms. The monoisotopic (exact) mass is 184 g/mol. The second-order valence-corrected chi connectivity index (χ2v) is 4.25. The predicted octanol–water partition coefficient (Wildman–Crippen LogP) is 2.62. The van der Waals surface area contributed by atoms with E-state index >= 15 is 0 Å². The van der Waals surface area contributed by atoms with E-state index in [0.29, 0.717) is 12.5 Å². The lowest BCUT2D eigenvalue weighted by molar-refractivity contribution is -0.151. The van der Waals surface area contributed by atoms with Crippen LogP contribution in [0.25, 0.3) is 0 Å². The Labute approximate surface area is 80.7 Å². The summed E-state index contributed by atoms with van der Waals surface area (Å²) >= 11 is 0. The molecule has 0 heterocycles. The molecule has 76 valence electrons. The first-order valence-electron chi connectivity index (χ1n) is 5.31. The highest BCUT2D eigenvalue weighted by atomic mass is 16.5. The molecule has 0 aromatic rings. The number of esters is 1. The minimum Gasteiger partial charge on any atom is -0.466 e. The van der Waals surface area contributed by atoms with Crippen LogP contribution >= 0.6 is 0 Å². The van der Waals surface area contributed by atoms with Crippen molar-refractivity contribution in [1.82, 2.24) is 0 Å². The molecule has 1 aliphatic carbocycles. The smallest absolute Gasteiger partial charge is 0.309 e. The summed E-state index contributed by atoms with van der Waals surface area (Å²) in [6.45, 7) is 6.81. The number of carbonyl (C=O) groups excluding carboxylic acids is 1. The molecular formula is C11H20O2. The Bertz CT molecular complexity index is 177. The van der Waals surface area contributed by atoms with Crippen molar-refractivity contribution in [2.45, 2.75) is 40.0 Å². The maximum atomic E-state index is 11.5. The predicted molar refractivity (Wildman–Crippen MR) is 52.3 cm³/mol. The average molecular weight is 184 g/mol. The lowest BCUT2D eigenvalue weighted by Gasteiger charge is -2.30. The Hall–Kier alpha value is -0.530. The number of hydrogen-bond donors (Lipinski definition) is 0. The van der Waals surface area contributed by atoms with E-state index in [-0.39, 0.29) is 11.9 Å². The Morgan fingerprint density at radius 1 is 1.38 bits per heavy atom. The Morgan fingerprint density at radius 3 is 2.62 bits per heavy atom. The van der Waals surface area contributed by atoms with Crippen LogP contribution in [-0.4, -0.2) is 12.6 Å². The van der Waals surface area contributed by atoms with Crippen LogP contribution in [0.3, 0.4) is 0 Å². The van der Waals surface area contributed by atoms with Gasteiger partial charge in [-0.1, -0.05) is 13.8 Å². The molecule has 3 atom stereocenters. The van der Waals surface area contributed by atoms with E-state index in [1.54, 1.807) is 0 Å². The van der Waals surface area contributed by atoms with Crippen LogP contribution in [0.4, 0.5) is 0 Å². The first-order valence-corrected chi connectivity index (χ1v) is 5.31. The normalized spacial score (nSPS) is 34.2. The Morgan fingerprint density at radius 2 is 2.08 bits per heavy atom. The zero-order chi connectivity index (χ0) is 9.84. The fourth-order valence-electron chi connectivity index (χ4n) is 2.26. The molecule has 1 saturated carbocycles. The summed E-state index contributed by atoms with van der Waals surface area (Å²) in [5, 5.41) is 0.